The zero-order chi connectivity index (χ0) is 9.26. The summed E-state index contributed by atoms with van der Waals surface area (Å²) in [5, 5.41) is 3.44. The first-order valence-electron chi connectivity index (χ1n) is 4.43. The van der Waals surface area contributed by atoms with Crippen molar-refractivity contribution in [2.45, 2.75) is 18.8 Å². The summed E-state index contributed by atoms with van der Waals surface area (Å²) in [5.74, 6) is 0.723. The van der Waals surface area contributed by atoms with E-state index in [-0.39, 0.29) is 0 Å². The zero-order valence-electron chi connectivity index (χ0n) is 7.15. The fourth-order valence-electron chi connectivity index (χ4n) is 1.66. The number of nitrogens with one attached hydrogen (secondary N) is 1. The maximum atomic E-state index is 3.53. The van der Waals surface area contributed by atoms with Crippen LogP contribution in [0.1, 0.15) is 23.6 Å². The molecule has 1 N–H and O–H groups in total. The molecule has 1 aliphatic heterocycles. The average molecular weight is 325 g/mol. The van der Waals surface area contributed by atoms with Crippen molar-refractivity contribution < 1.29 is 0 Å². The van der Waals surface area contributed by atoms with Crippen molar-refractivity contribution in [2.75, 3.05) is 13.1 Å². The van der Waals surface area contributed by atoms with Gasteiger partial charge >= 0.3 is 0 Å². The summed E-state index contributed by atoms with van der Waals surface area (Å²) in [6.07, 6.45) is 2.63. The molecule has 2 heterocycles. The molecule has 1 atom stereocenters. The average Bonchev–Trinajstić information content (AvgIpc) is 2.49. The zero-order valence-corrected chi connectivity index (χ0v) is 11.1. The molecule has 1 unspecified atom stereocenters. The van der Waals surface area contributed by atoms with Gasteiger partial charge in [0.05, 0.1) is 3.79 Å². The second-order valence-corrected chi connectivity index (χ2v) is 6.57. The van der Waals surface area contributed by atoms with Gasteiger partial charge in [-0.15, -0.1) is 11.3 Å². The highest BCUT2D eigenvalue weighted by atomic mass is 79.9. The number of thiophene rings is 1. The molecular weight excluding hydrogens is 314 g/mol. The SMILES string of the molecule is Brc1cc(C2CCCNC2)sc1Br. The topological polar surface area (TPSA) is 12.0 Å². The molecule has 72 valence electrons. The van der Waals surface area contributed by atoms with Gasteiger partial charge in [0, 0.05) is 21.8 Å². The molecule has 13 heavy (non-hydrogen) atoms. The summed E-state index contributed by atoms with van der Waals surface area (Å²) in [5.41, 5.74) is 0. The van der Waals surface area contributed by atoms with Crippen LogP contribution in [0.25, 0.3) is 0 Å². The lowest BCUT2D eigenvalue weighted by Crippen LogP contribution is -2.27. The molecule has 4 heteroatoms. The van der Waals surface area contributed by atoms with E-state index in [1.807, 2.05) is 11.3 Å². The molecule has 1 aromatic rings. The lowest BCUT2D eigenvalue weighted by atomic mass is 9.98. The summed E-state index contributed by atoms with van der Waals surface area (Å²) in [4.78, 5) is 1.49. The largest absolute Gasteiger partial charge is 0.316 e. The van der Waals surface area contributed by atoms with Crippen LogP contribution in [0, 0.1) is 0 Å². The van der Waals surface area contributed by atoms with E-state index >= 15 is 0 Å². The van der Waals surface area contributed by atoms with Gasteiger partial charge in [0.2, 0.25) is 0 Å². The van der Waals surface area contributed by atoms with E-state index in [2.05, 4.69) is 43.2 Å². The summed E-state index contributed by atoms with van der Waals surface area (Å²) in [6.45, 7) is 2.32. The molecule has 0 bridgehead atoms. The van der Waals surface area contributed by atoms with Crippen molar-refractivity contribution in [2.24, 2.45) is 0 Å². The molecule has 0 radical (unpaired) electrons. The van der Waals surface area contributed by atoms with Crippen molar-refractivity contribution in [3.05, 3.63) is 19.2 Å². The van der Waals surface area contributed by atoms with E-state index in [4.69, 9.17) is 0 Å². The van der Waals surface area contributed by atoms with Gasteiger partial charge in [-0.3, -0.25) is 0 Å². The van der Waals surface area contributed by atoms with Crippen LogP contribution in [0.4, 0.5) is 0 Å². The minimum atomic E-state index is 0.723. The van der Waals surface area contributed by atoms with Crippen LogP contribution in [0.2, 0.25) is 0 Å². The second kappa shape index (κ2) is 4.43. The second-order valence-electron chi connectivity index (χ2n) is 3.31. The van der Waals surface area contributed by atoms with Gasteiger partial charge in [-0.25, -0.2) is 0 Å². The van der Waals surface area contributed by atoms with E-state index in [1.54, 1.807) is 0 Å². The van der Waals surface area contributed by atoms with Gasteiger partial charge in [-0.1, -0.05) is 0 Å². The van der Waals surface area contributed by atoms with Gasteiger partial charge in [0.15, 0.2) is 0 Å². The standard InChI is InChI=1S/C9H11Br2NS/c10-7-4-8(13-9(7)11)6-2-1-3-12-5-6/h4,6,12H,1-3,5H2. The molecule has 1 fully saturated rings. The Labute approximate surface area is 99.2 Å². The fourth-order valence-corrected chi connectivity index (χ4v) is 3.88. The molecular formula is C9H11Br2NS. The maximum Gasteiger partial charge on any atom is 0.0843 e. The van der Waals surface area contributed by atoms with Crippen LogP contribution >= 0.6 is 43.2 Å². The van der Waals surface area contributed by atoms with E-state index in [9.17, 15) is 0 Å². The Balaban J connectivity index is 2.14. The monoisotopic (exact) mass is 323 g/mol. The van der Waals surface area contributed by atoms with Gasteiger partial charge in [0.25, 0.3) is 0 Å². The van der Waals surface area contributed by atoms with Crippen LogP contribution in [-0.2, 0) is 0 Å². The van der Waals surface area contributed by atoms with Crippen molar-refractivity contribution in [1.29, 1.82) is 0 Å². The summed E-state index contributed by atoms with van der Waals surface area (Å²) < 4.78 is 2.41. The van der Waals surface area contributed by atoms with Crippen LogP contribution in [-0.4, -0.2) is 13.1 Å². The Morgan fingerprint density at radius 1 is 1.46 bits per heavy atom. The third-order valence-corrected chi connectivity index (χ3v) is 5.78. The van der Waals surface area contributed by atoms with E-state index in [0.717, 1.165) is 12.5 Å². The molecule has 1 saturated heterocycles. The first kappa shape index (κ1) is 10.1. The normalized spacial score (nSPS) is 23.4. The van der Waals surface area contributed by atoms with Crippen LogP contribution < -0.4 is 5.32 Å². The highest BCUT2D eigenvalue weighted by Crippen LogP contribution is 2.37. The molecule has 0 aliphatic carbocycles. The fraction of sp³-hybridized carbons (Fsp3) is 0.556. The highest BCUT2D eigenvalue weighted by molar-refractivity contribution is 9.13. The van der Waals surface area contributed by atoms with E-state index < -0.39 is 0 Å². The van der Waals surface area contributed by atoms with E-state index in [0.29, 0.717) is 0 Å². The van der Waals surface area contributed by atoms with Crippen LogP contribution in [0.3, 0.4) is 0 Å². The molecule has 1 aliphatic rings. The number of piperidine rings is 1. The highest BCUT2D eigenvalue weighted by Gasteiger charge is 2.17. The molecule has 0 amide bonds. The Morgan fingerprint density at radius 2 is 2.31 bits per heavy atom. The predicted molar refractivity (Wildman–Crippen MR) is 64.6 cm³/mol. The molecule has 1 nitrogen and oxygen atoms in total. The lowest BCUT2D eigenvalue weighted by molar-refractivity contribution is 0.466. The van der Waals surface area contributed by atoms with E-state index in [1.165, 1.54) is 32.5 Å². The third-order valence-electron chi connectivity index (χ3n) is 2.36. The molecule has 0 aromatic carbocycles. The summed E-state index contributed by atoms with van der Waals surface area (Å²) >= 11 is 8.91. The Bertz CT molecular complexity index is 272. The predicted octanol–water partition coefficient (Wildman–Crippen LogP) is 3.74. The number of hydrogen-bond acceptors (Lipinski definition) is 2. The Kier molecular flexibility index (Phi) is 3.46. The Hall–Kier alpha value is 0.620. The minimum Gasteiger partial charge on any atom is -0.316 e. The van der Waals surface area contributed by atoms with Gasteiger partial charge in [0.1, 0.15) is 0 Å². The summed E-state index contributed by atoms with van der Waals surface area (Å²) in [7, 11) is 0. The van der Waals surface area contributed by atoms with Crippen molar-refractivity contribution in [3.63, 3.8) is 0 Å². The van der Waals surface area contributed by atoms with Crippen molar-refractivity contribution in [1.82, 2.24) is 5.32 Å². The molecule has 2 rings (SSSR count). The molecule has 0 saturated carbocycles. The maximum absolute atomic E-state index is 3.53. The van der Waals surface area contributed by atoms with Gasteiger partial charge < -0.3 is 5.32 Å². The first-order chi connectivity index (χ1) is 6.27. The van der Waals surface area contributed by atoms with Crippen LogP contribution in [0.5, 0.6) is 0 Å². The minimum absolute atomic E-state index is 0.723. The molecule has 0 spiro atoms. The Morgan fingerprint density at radius 3 is 2.85 bits per heavy atom. The molecule has 1 aromatic heterocycles. The van der Waals surface area contributed by atoms with Crippen molar-refractivity contribution >= 4 is 43.2 Å². The van der Waals surface area contributed by atoms with Gasteiger partial charge in [-0.05, 0) is 57.3 Å². The lowest BCUT2D eigenvalue weighted by Gasteiger charge is -2.21. The number of hydrogen-bond donors (Lipinski definition) is 1. The third kappa shape index (κ3) is 2.35. The van der Waals surface area contributed by atoms with Gasteiger partial charge in [-0.2, -0.15) is 0 Å². The number of halogens is 2. The first-order valence-corrected chi connectivity index (χ1v) is 6.83. The smallest absolute Gasteiger partial charge is 0.0843 e. The number of rotatable bonds is 1. The summed E-state index contributed by atoms with van der Waals surface area (Å²) in [6, 6.07) is 2.24. The van der Waals surface area contributed by atoms with Crippen LogP contribution in [0.15, 0.2) is 14.3 Å². The van der Waals surface area contributed by atoms with Crippen molar-refractivity contribution in [3.8, 4) is 0 Å². The quantitative estimate of drug-likeness (QED) is 0.829.